The molecule has 4 nitrogen and oxygen atoms in total. The molecule has 3 atom stereocenters. The molecule has 4 heteroatoms. The third-order valence-electron chi connectivity index (χ3n) is 8.12. The van der Waals surface area contributed by atoms with Crippen LogP contribution in [-0.4, -0.2) is 38.5 Å². The lowest BCUT2D eigenvalue weighted by atomic mass is 9.74. The molecule has 0 amide bonds. The molecule has 0 aromatic rings. The van der Waals surface area contributed by atoms with Crippen LogP contribution in [0.25, 0.3) is 0 Å². The zero-order valence-electron chi connectivity index (χ0n) is 21.4. The Kier molecular flexibility index (Phi) is 10.5. The summed E-state index contributed by atoms with van der Waals surface area (Å²) in [4.78, 5) is 0. The molecule has 0 aromatic heterocycles. The fraction of sp³-hybridized carbons (Fsp3) is 0.929. The van der Waals surface area contributed by atoms with E-state index in [1.807, 2.05) is 0 Å². The number of methoxy groups -OCH3 is 1. The molecule has 1 aliphatic heterocycles. The van der Waals surface area contributed by atoms with Crippen LogP contribution in [0.4, 0.5) is 0 Å². The van der Waals surface area contributed by atoms with Gasteiger partial charge >= 0.3 is 0 Å². The predicted molar refractivity (Wildman–Crippen MR) is 131 cm³/mol. The molecular weight excluding hydrogens is 400 g/mol. The molecule has 0 aromatic carbocycles. The van der Waals surface area contributed by atoms with Gasteiger partial charge in [0.1, 0.15) is 6.79 Å². The van der Waals surface area contributed by atoms with Crippen LogP contribution in [0, 0.1) is 17.3 Å². The van der Waals surface area contributed by atoms with Gasteiger partial charge in [-0.05, 0) is 102 Å². The Bertz CT molecular complexity index is 544. The predicted octanol–water partition coefficient (Wildman–Crippen LogP) is 7.41. The van der Waals surface area contributed by atoms with E-state index >= 15 is 0 Å². The minimum atomic E-state index is -0.0696. The smallest absolute Gasteiger partial charge is 0.157 e. The van der Waals surface area contributed by atoms with Crippen LogP contribution in [0.15, 0.2) is 12.2 Å². The molecule has 2 saturated carbocycles. The summed E-state index contributed by atoms with van der Waals surface area (Å²) in [5.41, 5.74) is 0.291. The maximum atomic E-state index is 6.24. The molecule has 0 N–H and O–H groups in total. The quantitative estimate of drug-likeness (QED) is 0.176. The van der Waals surface area contributed by atoms with E-state index < -0.39 is 0 Å². The van der Waals surface area contributed by atoms with E-state index in [1.165, 1.54) is 77.0 Å². The Labute approximate surface area is 197 Å². The van der Waals surface area contributed by atoms with Crippen molar-refractivity contribution in [3.05, 3.63) is 12.2 Å². The molecule has 1 unspecified atom stereocenters. The molecule has 2 aliphatic carbocycles. The molecule has 3 aliphatic rings. The van der Waals surface area contributed by atoms with Gasteiger partial charge in [0.25, 0.3) is 0 Å². The molecule has 0 radical (unpaired) electrons. The van der Waals surface area contributed by atoms with Crippen molar-refractivity contribution < 1.29 is 18.9 Å². The summed E-state index contributed by atoms with van der Waals surface area (Å²) in [6, 6.07) is 0. The van der Waals surface area contributed by atoms with Crippen molar-refractivity contribution in [2.45, 2.75) is 129 Å². The average Bonchev–Trinajstić information content (AvgIpc) is 3.25. The van der Waals surface area contributed by atoms with Gasteiger partial charge in [-0.1, -0.05) is 38.3 Å². The number of unbranched alkanes of at least 4 members (excludes halogenated alkanes) is 1. The van der Waals surface area contributed by atoms with Crippen LogP contribution in [-0.2, 0) is 18.9 Å². The van der Waals surface area contributed by atoms with Crippen LogP contribution in [0.2, 0.25) is 0 Å². The molecule has 0 spiro atoms. The topological polar surface area (TPSA) is 36.9 Å². The second kappa shape index (κ2) is 12.9. The highest BCUT2D eigenvalue weighted by Crippen LogP contribution is 2.41. The number of rotatable bonds is 12. The van der Waals surface area contributed by atoms with Gasteiger partial charge in [-0.3, -0.25) is 0 Å². The normalized spacial score (nSPS) is 34.4. The van der Waals surface area contributed by atoms with Crippen molar-refractivity contribution in [2.24, 2.45) is 17.3 Å². The number of ether oxygens (including phenoxy) is 4. The zero-order chi connectivity index (χ0) is 22.9. The third kappa shape index (κ3) is 9.08. The molecule has 32 heavy (non-hydrogen) atoms. The summed E-state index contributed by atoms with van der Waals surface area (Å²) in [7, 11) is 1.69. The second-order valence-corrected chi connectivity index (χ2v) is 11.6. The fourth-order valence-electron chi connectivity index (χ4n) is 5.78. The van der Waals surface area contributed by atoms with Crippen LogP contribution in [0.1, 0.15) is 111 Å². The minimum Gasteiger partial charge on any atom is -0.359 e. The van der Waals surface area contributed by atoms with E-state index in [0.29, 0.717) is 18.3 Å². The van der Waals surface area contributed by atoms with Gasteiger partial charge in [-0.2, -0.15) is 0 Å². The molecule has 1 saturated heterocycles. The monoisotopic (exact) mass is 450 g/mol. The Balaban J connectivity index is 1.29. The van der Waals surface area contributed by atoms with Crippen molar-refractivity contribution in [1.29, 1.82) is 0 Å². The first kappa shape index (κ1) is 26.2. The Hall–Kier alpha value is -0.420. The second-order valence-electron chi connectivity index (χ2n) is 11.6. The van der Waals surface area contributed by atoms with Crippen molar-refractivity contribution in [2.75, 3.05) is 20.5 Å². The molecule has 3 fully saturated rings. The average molecular weight is 451 g/mol. The summed E-state index contributed by atoms with van der Waals surface area (Å²) in [6.45, 7) is 8.07. The van der Waals surface area contributed by atoms with Crippen LogP contribution >= 0.6 is 0 Å². The van der Waals surface area contributed by atoms with Crippen molar-refractivity contribution in [3.8, 4) is 0 Å². The summed E-state index contributed by atoms with van der Waals surface area (Å²) < 4.78 is 22.8. The van der Waals surface area contributed by atoms with Gasteiger partial charge in [-0.25, -0.2) is 0 Å². The third-order valence-corrected chi connectivity index (χ3v) is 8.12. The lowest BCUT2D eigenvalue weighted by molar-refractivity contribution is -0.195. The van der Waals surface area contributed by atoms with Gasteiger partial charge in [0, 0.05) is 13.7 Å². The number of allylic oxidation sites excluding steroid dienone is 2. The van der Waals surface area contributed by atoms with Crippen LogP contribution in [0.3, 0.4) is 0 Å². The maximum absolute atomic E-state index is 6.24. The van der Waals surface area contributed by atoms with Crippen LogP contribution in [0.5, 0.6) is 0 Å². The van der Waals surface area contributed by atoms with Crippen molar-refractivity contribution in [3.63, 3.8) is 0 Å². The first-order chi connectivity index (χ1) is 15.4. The lowest BCUT2D eigenvalue weighted by Gasteiger charge is -2.37. The standard InChI is InChI=1S/C28H50O4/c1-27(2,31-22-29-4)16-7-5-9-23-11-12-24(21-23)13-17-28(3)18-14-25(15-19-28)32-26-10-6-8-20-30-26/h13,17,23-26H,5-12,14-16,18-22H2,1-4H3/b17-13-/t23-,24-,25?,26?,28?/m0/s1. The first-order valence-electron chi connectivity index (χ1n) is 13.5. The largest absolute Gasteiger partial charge is 0.359 e. The SMILES string of the molecule is COCOC(C)(C)CCCC[C@H]1CC[C@@H](/C=C\C2(C)CCC(OC3CCCCO3)CC2)C1. The fourth-order valence-corrected chi connectivity index (χ4v) is 5.78. The highest BCUT2D eigenvalue weighted by molar-refractivity contribution is 5.03. The highest BCUT2D eigenvalue weighted by Gasteiger charge is 2.32. The van der Waals surface area contributed by atoms with E-state index in [1.54, 1.807) is 7.11 Å². The highest BCUT2D eigenvalue weighted by atomic mass is 16.7. The van der Waals surface area contributed by atoms with Crippen molar-refractivity contribution in [1.82, 2.24) is 0 Å². The number of hydrogen-bond acceptors (Lipinski definition) is 4. The van der Waals surface area contributed by atoms with E-state index in [4.69, 9.17) is 18.9 Å². The van der Waals surface area contributed by atoms with Gasteiger partial charge < -0.3 is 18.9 Å². The Morgan fingerprint density at radius 3 is 2.56 bits per heavy atom. The number of hydrogen-bond donors (Lipinski definition) is 0. The molecule has 1 heterocycles. The van der Waals surface area contributed by atoms with Gasteiger partial charge in [0.05, 0.1) is 11.7 Å². The van der Waals surface area contributed by atoms with Gasteiger partial charge in [-0.15, -0.1) is 0 Å². The lowest BCUT2D eigenvalue weighted by Crippen LogP contribution is -2.33. The van der Waals surface area contributed by atoms with Crippen LogP contribution < -0.4 is 0 Å². The summed E-state index contributed by atoms with van der Waals surface area (Å²) in [5.74, 6) is 1.71. The Morgan fingerprint density at radius 2 is 1.84 bits per heavy atom. The van der Waals surface area contributed by atoms with E-state index in [9.17, 15) is 0 Å². The summed E-state index contributed by atoms with van der Waals surface area (Å²) in [6.07, 6.45) is 23.2. The van der Waals surface area contributed by atoms with Crippen molar-refractivity contribution >= 4 is 0 Å². The summed E-state index contributed by atoms with van der Waals surface area (Å²) >= 11 is 0. The molecular formula is C28H50O4. The van der Waals surface area contributed by atoms with E-state index in [0.717, 1.165) is 31.3 Å². The summed E-state index contributed by atoms with van der Waals surface area (Å²) in [5, 5.41) is 0. The molecule has 186 valence electrons. The zero-order valence-corrected chi connectivity index (χ0v) is 21.4. The van der Waals surface area contributed by atoms with Gasteiger partial charge in [0.2, 0.25) is 0 Å². The van der Waals surface area contributed by atoms with E-state index in [-0.39, 0.29) is 11.9 Å². The molecule has 0 bridgehead atoms. The molecule has 3 rings (SSSR count). The maximum Gasteiger partial charge on any atom is 0.157 e. The van der Waals surface area contributed by atoms with E-state index in [2.05, 4.69) is 32.9 Å². The Morgan fingerprint density at radius 1 is 1.03 bits per heavy atom. The first-order valence-corrected chi connectivity index (χ1v) is 13.5. The minimum absolute atomic E-state index is 0.0630. The van der Waals surface area contributed by atoms with Gasteiger partial charge in [0.15, 0.2) is 6.29 Å².